The summed E-state index contributed by atoms with van der Waals surface area (Å²) in [6.07, 6.45) is 5.06. The third kappa shape index (κ3) is 8.58. The van der Waals surface area contributed by atoms with Gasteiger partial charge in [0.2, 0.25) is 0 Å². The van der Waals surface area contributed by atoms with E-state index in [2.05, 4.69) is 76.5 Å². The van der Waals surface area contributed by atoms with E-state index in [4.69, 9.17) is 9.47 Å². The molecule has 43 heavy (non-hydrogen) atoms. The van der Waals surface area contributed by atoms with Crippen LogP contribution in [0.3, 0.4) is 0 Å². The van der Waals surface area contributed by atoms with Crippen molar-refractivity contribution in [3.8, 4) is 5.75 Å². The number of aromatic amines is 1. The molecule has 1 aromatic heterocycles. The Hall–Kier alpha value is -4.85. The molecule has 0 spiro atoms. The van der Waals surface area contributed by atoms with Gasteiger partial charge in [0, 0.05) is 18.0 Å². The topological polar surface area (TPSA) is 93.7 Å². The maximum absolute atomic E-state index is 12.8. The van der Waals surface area contributed by atoms with Crippen LogP contribution < -0.4 is 4.74 Å². The average molecular weight is 582 g/mol. The fourth-order valence-corrected chi connectivity index (χ4v) is 4.70. The minimum absolute atomic E-state index is 0.181. The molecule has 4 rings (SSSR count). The van der Waals surface area contributed by atoms with E-state index in [1.54, 1.807) is 6.08 Å². The number of carbonyl (C=O) groups is 2. The lowest BCUT2D eigenvalue weighted by Gasteiger charge is -2.26. The highest BCUT2D eigenvalue weighted by Crippen LogP contribution is 2.36. The summed E-state index contributed by atoms with van der Waals surface area (Å²) < 4.78 is 16.2. The van der Waals surface area contributed by atoms with Crippen LogP contribution in [0.2, 0.25) is 0 Å². The molecule has 0 unspecified atom stereocenters. The number of amides is 1. The quantitative estimate of drug-likeness (QED) is 0.114. The van der Waals surface area contributed by atoms with Crippen LogP contribution >= 0.6 is 0 Å². The van der Waals surface area contributed by atoms with Crippen LogP contribution in [0, 0.1) is 0 Å². The lowest BCUT2D eigenvalue weighted by molar-refractivity contribution is -0.134. The van der Waals surface area contributed by atoms with Crippen LogP contribution in [0.1, 0.15) is 50.8 Å². The molecular weight excluding hydrogens is 542 g/mol. The number of benzene rings is 3. The molecule has 1 N–H and O–H groups in total. The van der Waals surface area contributed by atoms with Crippen LogP contribution in [0.25, 0.3) is 22.0 Å². The van der Waals surface area contributed by atoms with Gasteiger partial charge >= 0.3 is 12.1 Å². The van der Waals surface area contributed by atoms with Gasteiger partial charge in [-0.3, -0.25) is 5.10 Å². The van der Waals surface area contributed by atoms with E-state index in [-0.39, 0.29) is 19.7 Å². The zero-order chi connectivity index (χ0) is 30.8. The van der Waals surface area contributed by atoms with Crippen LogP contribution in [0.4, 0.5) is 4.79 Å². The first-order chi connectivity index (χ1) is 20.7. The first-order valence-corrected chi connectivity index (χ1v) is 14.4. The molecule has 1 heterocycles. The summed E-state index contributed by atoms with van der Waals surface area (Å²) in [7, 11) is 1.30. The molecule has 0 saturated heterocycles. The van der Waals surface area contributed by atoms with E-state index in [9.17, 15) is 9.59 Å². The number of rotatable bonds is 11. The standard InChI is InChI=1S/C35H39N3O5/c1-6-30(25-11-8-7-9-12-25)33(27-16-19-31-28(23-27)24-36-37-31)26-14-17-29(18-15-26)42-22-21-38(20-10-13-32(39)41-5)34(40)43-35(2,3)4/h7-19,23-24H,6,20-22H2,1-5H3,(H,36,37)/b13-10+,33-30+. The minimum atomic E-state index is -0.650. The zero-order valence-electron chi connectivity index (χ0n) is 25.4. The van der Waals surface area contributed by atoms with Crippen LogP contribution in [0.15, 0.2) is 91.1 Å². The molecule has 0 radical (unpaired) electrons. The third-order valence-corrected chi connectivity index (χ3v) is 6.71. The summed E-state index contributed by atoms with van der Waals surface area (Å²) in [6.45, 7) is 8.30. The maximum atomic E-state index is 12.8. The second kappa shape index (κ2) is 14.4. The lowest BCUT2D eigenvalue weighted by Crippen LogP contribution is -2.39. The fourth-order valence-electron chi connectivity index (χ4n) is 4.70. The molecule has 0 bridgehead atoms. The van der Waals surface area contributed by atoms with Crippen LogP contribution in [-0.4, -0.2) is 59.6 Å². The van der Waals surface area contributed by atoms with E-state index < -0.39 is 17.7 Å². The van der Waals surface area contributed by atoms with Crippen molar-refractivity contribution < 1.29 is 23.8 Å². The predicted octanol–water partition coefficient (Wildman–Crippen LogP) is 7.28. The van der Waals surface area contributed by atoms with Crippen molar-refractivity contribution in [2.45, 2.75) is 39.7 Å². The summed E-state index contributed by atoms with van der Waals surface area (Å²) in [5.74, 6) is 0.192. The van der Waals surface area contributed by atoms with Crippen molar-refractivity contribution in [3.05, 3.63) is 108 Å². The highest BCUT2D eigenvalue weighted by Gasteiger charge is 2.21. The SMILES string of the molecule is CC/C(=C(/c1ccc(OCCN(C/C=C/C(=O)OC)C(=O)OC(C)(C)C)cc1)c1ccc2[nH]ncc2c1)c1ccccc1. The smallest absolute Gasteiger partial charge is 0.410 e. The Morgan fingerprint density at radius 3 is 2.35 bits per heavy atom. The van der Waals surface area contributed by atoms with Gasteiger partial charge in [0.05, 0.1) is 25.4 Å². The lowest BCUT2D eigenvalue weighted by atomic mass is 9.88. The average Bonchev–Trinajstić information content (AvgIpc) is 3.47. The Kier molecular flexibility index (Phi) is 10.4. The van der Waals surface area contributed by atoms with Crippen molar-refractivity contribution in [1.82, 2.24) is 15.1 Å². The normalized spacial score (nSPS) is 12.2. The first kappa shape index (κ1) is 31.1. The molecule has 8 heteroatoms. The van der Waals surface area contributed by atoms with Crippen molar-refractivity contribution in [3.63, 3.8) is 0 Å². The second-order valence-electron chi connectivity index (χ2n) is 11.0. The fraction of sp³-hybridized carbons (Fsp3) is 0.286. The van der Waals surface area contributed by atoms with E-state index in [1.807, 2.05) is 45.2 Å². The number of nitrogens with zero attached hydrogens (tertiary/aromatic N) is 2. The summed E-state index contributed by atoms with van der Waals surface area (Å²) in [6, 6.07) is 24.8. The zero-order valence-corrected chi connectivity index (χ0v) is 25.4. The summed E-state index contributed by atoms with van der Waals surface area (Å²) in [4.78, 5) is 25.7. The van der Waals surface area contributed by atoms with Gasteiger partial charge in [0.25, 0.3) is 0 Å². The van der Waals surface area contributed by atoms with Crippen molar-refractivity contribution in [2.75, 3.05) is 26.8 Å². The molecule has 0 aliphatic heterocycles. The van der Waals surface area contributed by atoms with E-state index in [0.29, 0.717) is 5.75 Å². The predicted molar refractivity (Wildman–Crippen MR) is 170 cm³/mol. The Morgan fingerprint density at radius 2 is 1.67 bits per heavy atom. The van der Waals surface area contributed by atoms with Crippen LogP contribution in [-0.2, 0) is 14.3 Å². The van der Waals surface area contributed by atoms with Gasteiger partial charge in [-0.15, -0.1) is 0 Å². The summed E-state index contributed by atoms with van der Waals surface area (Å²) >= 11 is 0. The summed E-state index contributed by atoms with van der Waals surface area (Å²) in [5.41, 5.74) is 6.09. The van der Waals surface area contributed by atoms with Gasteiger partial charge < -0.3 is 19.1 Å². The third-order valence-electron chi connectivity index (χ3n) is 6.71. The van der Waals surface area contributed by atoms with Gasteiger partial charge in [-0.05, 0) is 79.3 Å². The number of methoxy groups -OCH3 is 1. The first-order valence-electron chi connectivity index (χ1n) is 14.4. The van der Waals surface area contributed by atoms with Gasteiger partial charge in [-0.1, -0.05) is 61.5 Å². The van der Waals surface area contributed by atoms with E-state index in [1.165, 1.54) is 29.2 Å². The minimum Gasteiger partial charge on any atom is -0.492 e. The van der Waals surface area contributed by atoms with Gasteiger partial charge in [-0.25, -0.2) is 9.59 Å². The van der Waals surface area contributed by atoms with Gasteiger partial charge in [0.1, 0.15) is 18.0 Å². The molecule has 3 aromatic carbocycles. The van der Waals surface area contributed by atoms with E-state index in [0.717, 1.165) is 34.0 Å². The number of hydrogen-bond acceptors (Lipinski definition) is 6. The molecule has 0 atom stereocenters. The van der Waals surface area contributed by atoms with Crippen molar-refractivity contribution >= 4 is 34.1 Å². The Bertz CT molecular complexity index is 1580. The number of ether oxygens (including phenoxy) is 3. The Labute approximate surface area is 253 Å². The number of allylic oxidation sites excluding steroid dienone is 1. The highest BCUT2D eigenvalue weighted by molar-refractivity contribution is 6.00. The maximum Gasteiger partial charge on any atom is 0.410 e. The van der Waals surface area contributed by atoms with Crippen LogP contribution in [0.5, 0.6) is 5.75 Å². The van der Waals surface area contributed by atoms with Gasteiger partial charge in [-0.2, -0.15) is 5.10 Å². The van der Waals surface area contributed by atoms with Gasteiger partial charge in [0.15, 0.2) is 0 Å². The van der Waals surface area contributed by atoms with E-state index >= 15 is 0 Å². The Morgan fingerprint density at radius 1 is 0.953 bits per heavy atom. The second-order valence-corrected chi connectivity index (χ2v) is 11.0. The number of hydrogen-bond donors (Lipinski definition) is 1. The molecule has 0 aliphatic rings. The Balaban J connectivity index is 1.55. The van der Waals surface area contributed by atoms with Crippen molar-refractivity contribution in [2.24, 2.45) is 0 Å². The molecule has 0 saturated carbocycles. The number of aromatic nitrogens is 2. The molecule has 224 valence electrons. The molecule has 8 nitrogen and oxygen atoms in total. The number of nitrogens with one attached hydrogen (secondary N) is 1. The van der Waals surface area contributed by atoms with Crippen molar-refractivity contribution in [1.29, 1.82) is 0 Å². The number of esters is 1. The molecule has 4 aromatic rings. The largest absolute Gasteiger partial charge is 0.492 e. The number of fused-ring (bicyclic) bond motifs is 1. The summed E-state index contributed by atoms with van der Waals surface area (Å²) in [5, 5.41) is 8.28. The highest BCUT2D eigenvalue weighted by atomic mass is 16.6. The molecule has 1 amide bonds. The number of carbonyl (C=O) groups excluding carboxylic acids is 2. The number of H-pyrrole nitrogens is 1. The monoisotopic (exact) mass is 581 g/mol. The molecular formula is C35H39N3O5. The molecule has 0 aliphatic carbocycles. The molecule has 0 fully saturated rings.